The summed E-state index contributed by atoms with van der Waals surface area (Å²) >= 11 is 1.35. The van der Waals surface area contributed by atoms with Crippen LogP contribution in [0.1, 0.15) is 32.4 Å². The molecule has 5 nitrogen and oxygen atoms in total. The second kappa shape index (κ2) is 7.22. The molecule has 2 aromatic carbocycles. The molecule has 0 saturated carbocycles. The molecule has 0 aliphatic carbocycles. The van der Waals surface area contributed by atoms with Gasteiger partial charge in [0.05, 0.1) is 5.69 Å². The maximum absolute atomic E-state index is 13.5. The highest BCUT2D eigenvalue weighted by atomic mass is 32.1. The molecule has 0 N–H and O–H groups in total. The van der Waals surface area contributed by atoms with Crippen LogP contribution in [0, 0.1) is 6.92 Å². The third-order valence-corrected chi connectivity index (χ3v) is 6.30. The van der Waals surface area contributed by atoms with Crippen molar-refractivity contribution in [2.75, 3.05) is 11.4 Å². The number of nitrogens with zero attached hydrogens (tertiary/aromatic N) is 4. The van der Waals surface area contributed by atoms with Crippen molar-refractivity contribution in [3.8, 4) is 10.8 Å². The Labute approximate surface area is 172 Å². The molecule has 3 heterocycles. The molecule has 6 heteroatoms. The first-order valence-corrected chi connectivity index (χ1v) is 10.2. The summed E-state index contributed by atoms with van der Waals surface area (Å²) in [4.78, 5) is 29.1. The molecule has 1 aliphatic heterocycles. The average molecular weight is 398 g/mol. The van der Waals surface area contributed by atoms with E-state index in [0.29, 0.717) is 27.9 Å². The molecule has 0 bridgehead atoms. The lowest BCUT2D eigenvalue weighted by Crippen LogP contribution is -2.29. The molecule has 1 amide bonds. The highest BCUT2D eigenvalue weighted by molar-refractivity contribution is 7.17. The van der Waals surface area contributed by atoms with Gasteiger partial charge in [0.25, 0.3) is 5.91 Å². The van der Waals surface area contributed by atoms with Gasteiger partial charge in [-0.2, -0.15) is 0 Å². The second-order valence-corrected chi connectivity index (χ2v) is 7.94. The minimum absolute atomic E-state index is 0.0203. The highest BCUT2D eigenvalue weighted by Crippen LogP contribution is 2.41. The summed E-state index contributed by atoms with van der Waals surface area (Å²) in [6.45, 7) is 2.49. The molecule has 2 aromatic heterocycles. The van der Waals surface area contributed by atoms with Crippen molar-refractivity contribution in [1.82, 2.24) is 15.0 Å². The van der Waals surface area contributed by atoms with E-state index < -0.39 is 0 Å². The number of para-hydroxylation sites is 1. The van der Waals surface area contributed by atoms with Gasteiger partial charge in [-0.1, -0.05) is 48.5 Å². The standard InChI is InChI=1S/C23H18N4OS/c1-15-20(29-22(26-15)21-24-12-7-13-25-21)23(28)27-14-18(16-8-3-2-4-9-16)17-10-5-6-11-19(17)27/h2-13,18H,14H2,1H3. The van der Waals surface area contributed by atoms with E-state index in [0.717, 1.165) is 5.69 Å². The number of benzene rings is 2. The lowest BCUT2D eigenvalue weighted by Gasteiger charge is -2.17. The zero-order valence-electron chi connectivity index (χ0n) is 15.8. The largest absolute Gasteiger partial charge is 0.306 e. The third-order valence-electron chi connectivity index (χ3n) is 5.16. The molecule has 29 heavy (non-hydrogen) atoms. The molecule has 1 unspecified atom stereocenters. The Morgan fingerprint density at radius 3 is 2.52 bits per heavy atom. The molecule has 142 valence electrons. The topological polar surface area (TPSA) is 59.0 Å². The Kier molecular flexibility index (Phi) is 4.41. The molecule has 1 atom stereocenters. The predicted octanol–water partition coefficient (Wildman–Crippen LogP) is 4.70. The maximum Gasteiger partial charge on any atom is 0.270 e. The van der Waals surface area contributed by atoms with E-state index >= 15 is 0 Å². The molecule has 0 saturated heterocycles. The van der Waals surface area contributed by atoms with Gasteiger partial charge in [0.2, 0.25) is 0 Å². The van der Waals surface area contributed by atoms with Gasteiger partial charge >= 0.3 is 0 Å². The van der Waals surface area contributed by atoms with Gasteiger partial charge in [0.1, 0.15) is 4.88 Å². The molecule has 4 aromatic rings. The van der Waals surface area contributed by atoms with Crippen LogP contribution < -0.4 is 4.90 Å². The van der Waals surface area contributed by atoms with Gasteiger partial charge < -0.3 is 4.90 Å². The summed E-state index contributed by atoms with van der Waals surface area (Å²) in [6.07, 6.45) is 3.36. The zero-order chi connectivity index (χ0) is 19.8. The van der Waals surface area contributed by atoms with Crippen LogP contribution in [0.25, 0.3) is 10.8 Å². The van der Waals surface area contributed by atoms with Gasteiger partial charge in [-0.3, -0.25) is 4.79 Å². The SMILES string of the molecule is Cc1nc(-c2ncccn2)sc1C(=O)N1CC(c2ccccc2)c2ccccc21. The van der Waals surface area contributed by atoms with E-state index in [1.54, 1.807) is 18.5 Å². The fraction of sp³-hybridized carbons (Fsp3) is 0.130. The average Bonchev–Trinajstić information content (AvgIpc) is 3.36. The van der Waals surface area contributed by atoms with Crippen molar-refractivity contribution in [2.45, 2.75) is 12.8 Å². The summed E-state index contributed by atoms with van der Waals surface area (Å²) in [5.41, 5.74) is 4.08. The molecule has 1 aliphatic rings. The van der Waals surface area contributed by atoms with Gasteiger partial charge in [-0.15, -0.1) is 11.3 Å². The van der Waals surface area contributed by atoms with E-state index in [4.69, 9.17) is 0 Å². The fourth-order valence-electron chi connectivity index (χ4n) is 3.79. The monoisotopic (exact) mass is 398 g/mol. The Balaban J connectivity index is 1.52. The number of hydrogen-bond acceptors (Lipinski definition) is 5. The van der Waals surface area contributed by atoms with E-state index in [1.807, 2.05) is 48.2 Å². The Bertz CT molecular complexity index is 1170. The number of aryl methyl sites for hydroxylation is 1. The number of carbonyl (C=O) groups is 1. The minimum Gasteiger partial charge on any atom is -0.306 e. The molecule has 0 spiro atoms. The van der Waals surface area contributed by atoms with Crippen LogP contribution >= 0.6 is 11.3 Å². The van der Waals surface area contributed by atoms with Gasteiger partial charge in [0, 0.05) is 30.5 Å². The summed E-state index contributed by atoms with van der Waals surface area (Å²) in [5.74, 6) is 0.693. The summed E-state index contributed by atoms with van der Waals surface area (Å²) in [6, 6.07) is 20.3. The van der Waals surface area contributed by atoms with Crippen LogP contribution in [0.2, 0.25) is 0 Å². The quantitative estimate of drug-likeness (QED) is 0.502. The number of fused-ring (bicyclic) bond motifs is 1. The number of carbonyl (C=O) groups excluding carboxylic acids is 1. The van der Waals surface area contributed by atoms with Crippen LogP contribution in [0.5, 0.6) is 0 Å². The van der Waals surface area contributed by atoms with Crippen molar-refractivity contribution >= 4 is 22.9 Å². The summed E-state index contributed by atoms with van der Waals surface area (Å²) in [5, 5.41) is 0.665. The predicted molar refractivity (Wildman–Crippen MR) is 114 cm³/mol. The molecular formula is C23H18N4OS. The first kappa shape index (κ1) is 17.7. The number of amides is 1. The van der Waals surface area contributed by atoms with Gasteiger partial charge in [0.15, 0.2) is 10.8 Å². The summed E-state index contributed by atoms with van der Waals surface area (Å²) < 4.78 is 0. The third kappa shape index (κ3) is 3.11. The van der Waals surface area contributed by atoms with Gasteiger partial charge in [-0.25, -0.2) is 15.0 Å². The molecule has 0 radical (unpaired) electrons. The number of thiazole rings is 1. The second-order valence-electron chi connectivity index (χ2n) is 6.94. The first-order chi connectivity index (χ1) is 14.2. The van der Waals surface area contributed by atoms with E-state index in [9.17, 15) is 4.79 Å². The number of anilines is 1. The van der Waals surface area contributed by atoms with Crippen LogP contribution in [0.4, 0.5) is 5.69 Å². The minimum atomic E-state index is -0.0203. The van der Waals surface area contributed by atoms with Crippen molar-refractivity contribution < 1.29 is 4.79 Å². The lowest BCUT2D eigenvalue weighted by molar-refractivity contribution is 0.0992. The number of hydrogen-bond donors (Lipinski definition) is 0. The molecular weight excluding hydrogens is 380 g/mol. The van der Waals surface area contributed by atoms with Crippen molar-refractivity contribution in [3.05, 3.63) is 94.8 Å². The Hall–Kier alpha value is -3.38. The summed E-state index contributed by atoms with van der Waals surface area (Å²) in [7, 11) is 0. The van der Waals surface area contributed by atoms with Crippen LogP contribution in [0.15, 0.2) is 73.1 Å². The zero-order valence-corrected chi connectivity index (χ0v) is 16.6. The number of aromatic nitrogens is 3. The molecule has 5 rings (SSSR count). The van der Waals surface area contributed by atoms with Gasteiger partial charge in [-0.05, 0) is 30.2 Å². The molecule has 0 fully saturated rings. The van der Waals surface area contributed by atoms with Crippen LogP contribution in [-0.2, 0) is 0 Å². The first-order valence-electron chi connectivity index (χ1n) is 9.43. The van der Waals surface area contributed by atoms with E-state index in [1.165, 1.54) is 22.5 Å². The van der Waals surface area contributed by atoms with E-state index in [2.05, 4.69) is 33.2 Å². The van der Waals surface area contributed by atoms with E-state index in [-0.39, 0.29) is 11.8 Å². The fourth-order valence-corrected chi connectivity index (χ4v) is 4.76. The normalized spacial score (nSPS) is 15.3. The van der Waals surface area contributed by atoms with Crippen LogP contribution in [0.3, 0.4) is 0 Å². The number of rotatable bonds is 3. The maximum atomic E-state index is 13.5. The highest BCUT2D eigenvalue weighted by Gasteiger charge is 2.35. The lowest BCUT2D eigenvalue weighted by atomic mass is 9.93. The Morgan fingerprint density at radius 2 is 1.72 bits per heavy atom. The Morgan fingerprint density at radius 1 is 1.00 bits per heavy atom. The van der Waals surface area contributed by atoms with Crippen molar-refractivity contribution in [2.24, 2.45) is 0 Å². The van der Waals surface area contributed by atoms with Crippen molar-refractivity contribution in [3.63, 3.8) is 0 Å². The van der Waals surface area contributed by atoms with Crippen LogP contribution in [-0.4, -0.2) is 27.4 Å². The van der Waals surface area contributed by atoms with Crippen molar-refractivity contribution in [1.29, 1.82) is 0 Å². The smallest absolute Gasteiger partial charge is 0.270 e.